The average molecular weight is 361 g/mol. The van der Waals surface area contributed by atoms with Crippen LogP contribution < -0.4 is 5.32 Å². The van der Waals surface area contributed by atoms with E-state index in [-0.39, 0.29) is 0 Å². The molecule has 1 amide bonds. The molecule has 0 unspecified atom stereocenters. The number of amides is 1. The van der Waals surface area contributed by atoms with E-state index in [1.807, 2.05) is 59.5 Å². The van der Waals surface area contributed by atoms with Gasteiger partial charge in [-0.05, 0) is 30.7 Å². The van der Waals surface area contributed by atoms with Gasteiger partial charge < -0.3 is 10.2 Å². The standard InChI is InChI=1S/C21H23N5O/c27-16-26-12-6-11-25(13-14-26)15-20-23-19-10-5-4-9-18(19)21(24-20)22-17-7-2-1-3-8-17/h1-5,7-10,16H,6,11-15H2,(H,22,23,24). The fraction of sp³-hybridized carbons (Fsp3) is 0.286. The highest BCUT2D eigenvalue weighted by Gasteiger charge is 2.16. The lowest BCUT2D eigenvalue weighted by atomic mass is 10.2. The molecule has 2 aromatic carbocycles. The van der Waals surface area contributed by atoms with Crippen LogP contribution in [0.2, 0.25) is 0 Å². The summed E-state index contributed by atoms with van der Waals surface area (Å²) >= 11 is 0. The van der Waals surface area contributed by atoms with Crippen molar-refractivity contribution in [2.75, 3.05) is 31.5 Å². The Morgan fingerprint density at radius 1 is 0.926 bits per heavy atom. The third-order valence-electron chi connectivity index (χ3n) is 4.82. The van der Waals surface area contributed by atoms with Crippen LogP contribution in [0.3, 0.4) is 0 Å². The molecule has 0 spiro atoms. The number of carbonyl (C=O) groups excluding carboxylic acids is 1. The first-order valence-electron chi connectivity index (χ1n) is 9.31. The first-order valence-corrected chi connectivity index (χ1v) is 9.31. The minimum atomic E-state index is 0.682. The van der Waals surface area contributed by atoms with Crippen LogP contribution in [0.5, 0.6) is 0 Å². The Kier molecular flexibility index (Phi) is 5.25. The van der Waals surface area contributed by atoms with Crippen molar-refractivity contribution in [3.63, 3.8) is 0 Å². The lowest BCUT2D eigenvalue weighted by Gasteiger charge is -2.20. The number of nitrogens with one attached hydrogen (secondary N) is 1. The van der Waals surface area contributed by atoms with Crippen LogP contribution in [0.1, 0.15) is 12.2 Å². The van der Waals surface area contributed by atoms with Crippen molar-refractivity contribution >= 4 is 28.8 Å². The van der Waals surface area contributed by atoms with Crippen LogP contribution in [0, 0.1) is 0 Å². The van der Waals surface area contributed by atoms with Crippen molar-refractivity contribution in [3.8, 4) is 0 Å². The molecule has 0 radical (unpaired) electrons. The van der Waals surface area contributed by atoms with Crippen molar-refractivity contribution in [1.29, 1.82) is 0 Å². The minimum Gasteiger partial charge on any atom is -0.344 e. The molecule has 6 nitrogen and oxygen atoms in total. The van der Waals surface area contributed by atoms with Crippen LogP contribution in [-0.4, -0.2) is 52.4 Å². The Labute approximate surface area is 158 Å². The topological polar surface area (TPSA) is 61.4 Å². The Morgan fingerprint density at radius 3 is 2.59 bits per heavy atom. The Balaban J connectivity index is 1.60. The second-order valence-electron chi connectivity index (χ2n) is 6.77. The van der Waals surface area contributed by atoms with Crippen molar-refractivity contribution in [2.24, 2.45) is 0 Å². The zero-order valence-electron chi connectivity index (χ0n) is 15.2. The van der Waals surface area contributed by atoms with Crippen LogP contribution in [0.25, 0.3) is 10.9 Å². The van der Waals surface area contributed by atoms with Gasteiger partial charge in [-0.2, -0.15) is 0 Å². The first-order chi connectivity index (χ1) is 13.3. The van der Waals surface area contributed by atoms with Gasteiger partial charge >= 0.3 is 0 Å². The van der Waals surface area contributed by atoms with E-state index in [4.69, 9.17) is 9.97 Å². The number of rotatable bonds is 5. The normalized spacial score (nSPS) is 15.5. The molecule has 0 aliphatic carbocycles. The van der Waals surface area contributed by atoms with Gasteiger partial charge in [0, 0.05) is 37.3 Å². The number of fused-ring (bicyclic) bond motifs is 1. The quantitative estimate of drug-likeness (QED) is 0.708. The van der Waals surface area contributed by atoms with Crippen molar-refractivity contribution in [3.05, 3.63) is 60.4 Å². The summed E-state index contributed by atoms with van der Waals surface area (Å²) in [7, 11) is 0. The maximum absolute atomic E-state index is 11.0. The second kappa shape index (κ2) is 8.14. The molecule has 0 bridgehead atoms. The molecule has 1 fully saturated rings. The van der Waals surface area contributed by atoms with Crippen molar-refractivity contribution < 1.29 is 4.79 Å². The SMILES string of the molecule is O=CN1CCCN(Cc2nc(Nc3ccccc3)c3ccccc3n2)CC1. The van der Waals surface area contributed by atoms with Gasteiger partial charge in [-0.15, -0.1) is 0 Å². The van der Waals surface area contributed by atoms with Gasteiger partial charge in [-0.25, -0.2) is 9.97 Å². The maximum Gasteiger partial charge on any atom is 0.209 e. The number of anilines is 2. The highest BCUT2D eigenvalue weighted by Crippen LogP contribution is 2.24. The van der Waals surface area contributed by atoms with Gasteiger partial charge in [0.1, 0.15) is 11.6 Å². The van der Waals surface area contributed by atoms with Crippen LogP contribution >= 0.6 is 0 Å². The van der Waals surface area contributed by atoms with Crippen LogP contribution in [0.4, 0.5) is 11.5 Å². The van der Waals surface area contributed by atoms with E-state index in [1.165, 1.54) is 0 Å². The lowest BCUT2D eigenvalue weighted by Crippen LogP contribution is -2.30. The fourth-order valence-electron chi connectivity index (χ4n) is 3.40. The lowest BCUT2D eigenvalue weighted by molar-refractivity contribution is -0.118. The third-order valence-corrected chi connectivity index (χ3v) is 4.82. The summed E-state index contributed by atoms with van der Waals surface area (Å²) in [5.41, 5.74) is 1.94. The molecule has 1 aliphatic rings. The highest BCUT2D eigenvalue weighted by molar-refractivity contribution is 5.90. The Hall–Kier alpha value is -2.99. The second-order valence-corrected chi connectivity index (χ2v) is 6.77. The summed E-state index contributed by atoms with van der Waals surface area (Å²) in [5, 5.41) is 4.44. The van der Waals surface area contributed by atoms with E-state index in [0.717, 1.165) is 67.2 Å². The molecule has 2 heterocycles. The number of nitrogens with zero attached hydrogens (tertiary/aromatic N) is 4. The summed E-state index contributed by atoms with van der Waals surface area (Å²) in [5.74, 6) is 1.62. The number of benzene rings is 2. The maximum atomic E-state index is 11.0. The fourth-order valence-corrected chi connectivity index (χ4v) is 3.40. The average Bonchev–Trinajstić information content (AvgIpc) is 2.94. The zero-order chi connectivity index (χ0) is 18.5. The van der Waals surface area contributed by atoms with Gasteiger partial charge in [-0.1, -0.05) is 30.3 Å². The van der Waals surface area contributed by atoms with Crippen molar-refractivity contribution in [1.82, 2.24) is 19.8 Å². The third kappa shape index (κ3) is 4.23. The highest BCUT2D eigenvalue weighted by atomic mass is 16.1. The van der Waals surface area contributed by atoms with Crippen LogP contribution in [0.15, 0.2) is 54.6 Å². The molecule has 3 aromatic rings. The summed E-state index contributed by atoms with van der Waals surface area (Å²) in [6.07, 6.45) is 1.92. The molecule has 1 saturated heterocycles. The van der Waals surface area contributed by atoms with E-state index in [0.29, 0.717) is 6.54 Å². The van der Waals surface area contributed by atoms with E-state index >= 15 is 0 Å². The molecule has 0 atom stereocenters. The number of para-hydroxylation sites is 2. The number of hydrogen-bond donors (Lipinski definition) is 1. The summed E-state index contributed by atoms with van der Waals surface area (Å²) < 4.78 is 0. The summed E-state index contributed by atoms with van der Waals surface area (Å²) in [6.45, 7) is 4.05. The first kappa shape index (κ1) is 17.4. The van der Waals surface area contributed by atoms with Gasteiger partial charge in [0.15, 0.2) is 0 Å². The van der Waals surface area contributed by atoms with Gasteiger partial charge in [0.05, 0.1) is 12.1 Å². The van der Waals surface area contributed by atoms with Crippen LogP contribution in [-0.2, 0) is 11.3 Å². The van der Waals surface area contributed by atoms with E-state index in [9.17, 15) is 4.79 Å². The number of hydrogen-bond acceptors (Lipinski definition) is 5. The molecule has 1 aliphatic heterocycles. The Morgan fingerprint density at radius 2 is 1.74 bits per heavy atom. The summed E-state index contributed by atoms with van der Waals surface area (Å²) in [4.78, 5) is 24.8. The van der Waals surface area contributed by atoms with Crippen molar-refractivity contribution in [2.45, 2.75) is 13.0 Å². The van der Waals surface area contributed by atoms with E-state index in [2.05, 4.69) is 10.2 Å². The largest absolute Gasteiger partial charge is 0.344 e. The molecule has 1 aromatic heterocycles. The number of aromatic nitrogens is 2. The smallest absolute Gasteiger partial charge is 0.209 e. The number of carbonyl (C=O) groups is 1. The zero-order valence-corrected chi connectivity index (χ0v) is 15.2. The molecule has 0 saturated carbocycles. The predicted octanol–water partition coefficient (Wildman–Crippen LogP) is 3.04. The molecular weight excluding hydrogens is 338 g/mol. The van der Waals surface area contributed by atoms with E-state index in [1.54, 1.807) is 0 Å². The molecule has 27 heavy (non-hydrogen) atoms. The molecule has 138 valence electrons. The Bertz CT molecular complexity index is 915. The molecule has 4 rings (SSSR count). The monoisotopic (exact) mass is 361 g/mol. The molecular formula is C21H23N5O. The minimum absolute atomic E-state index is 0.682. The predicted molar refractivity (Wildman–Crippen MR) is 107 cm³/mol. The summed E-state index contributed by atoms with van der Waals surface area (Å²) in [6, 6.07) is 18.1. The molecule has 6 heteroatoms. The van der Waals surface area contributed by atoms with Gasteiger partial charge in [0.2, 0.25) is 6.41 Å². The van der Waals surface area contributed by atoms with Gasteiger partial charge in [0.25, 0.3) is 0 Å². The molecule has 1 N–H and O–H groups in total. The van der Waals surface area contributed by atoms with Gasteiger partial charge in [-0.3, -0.25) is 9.69 Å². The van der Waals surface area contributed by atoms with E-state index < -0.39 is 0 Å².